The standard InChI is InChI=1S/C18H21N5O4/c1-2-16(24)22-10-18(11-22)7-14(26-12-18)8-19-17(25)15-6-13(27-21-15)9-23-5-3-4-20-23/h2-6,14H,1,7-12H2,(H,19,25). The number of carbonyl (C=O) groups excluding carboxylic acids is 2. The van der Waals surface area contributed by atoms with Crippen LogP contribution in [0.4, 0.5) is 0 Å². The quantitative estimate of drug-likeness (QED) is 0.740. The summed E-state index contributed by atoms with van der Waals surface area (Å²) in [7, 11) is 0. The molecule has 142 valence electrons. The molecule has 1 N–H and O–H groups in total. The van der Waals surface area contributed by atoms with E-state index in [1.165, 1.54) is 6.08 Å². The molecular weight excluding hydrogens is 350 g/mol. The van der Waals surface area contributed by atoms with Gasteiger partial charge in [-0.05, 0) is 18.6 Å². The van der Waals surface area contributed by atoms with Crippen LogP contribution in [0.1, 0.15) is 22.7 Å². The molecule has 0 aromatic carbocycles. The van der Waals surface area contributed by atoms with Crippen LogP contribution >= 0.6 is 0 Å². The number of carbonyl (C=O) groups is 2. The largest absolute Gasteiger partial charge is 0.376 e. The van der Waals surface area contributed by atoms with E-state index in [1.54, 1.807) is 28.0 Å². The fourth-order valence-corrected chi connectivity index (χ4v) is 3.64. The number of ether oxygens (including phenoxy) is 1. The summed E-state index contributed by atoms with van der Waals surface area (Å²) >= 11 is 0. The molecule has 0 radical (unpaired) electrons. The van der Waals surface area contributed by atoms with Crippen molar-refractivity contribution in [3.05, 3.63) is 48.6 Å². The average molecular weight is 371 g/mol. The molecule has 4 heterocycles. The van der Waals surface area contributed by atoms with Gasteiger partial charge in [0.05, 0.1) is 12.7 Å². The summed E-state index contributed by atoms with van der Waals surface area (Å²) in [4.78, 5) is 25.6. The summed E-state index contributed by atoms with van der Waals surface area (Å²) in [6.45, 7) is 6.29. The van der Waals surface area contributed by atoms with E-state index in [1.807, 2.05) is 6.07 Å². The van der Waals surface area contributed by atoms with Crippen LogP contribution in [0.2, 0.25) is 0 Å². The highest BCUT2D eigenvalue weighted by atomic mass is 16.5. The van der Waals surface area contributed by atoms with Crippen LogP contribution in [0.25, 0.3) is 0 Å². The molecule has 0 bridgehead atoms. The molecule has 0 saturated carbocycles. The van der Waals surface area contributed by atoms with Crippen LogP contribution in [0, 0.1) is 5.41 Å². The lowest BCUT2D eigenvalue weighted by Gasteiger charge is -2.46. The normalized spacial score (nSPS) is 20.4. The van der Waals surface area contributed by atoms with Gasteiger partial charge in [-0.2, -0.15) is 5.10 Å². The Balaban J connectivity index is 1.24. The second-order valence-electron chi connectivity index (χ2n) is 7.13. The molecule has 2 aliphatic rings. The van der Waals surface area contributed by atoms with Gasteiger partial charge in [0.15, 0.2) is 11.5 Å². The predicted molar refractivity (Wildman–Crippen MR) is 93.7 cm³/mol. The van der Waals surface area contributed by atoms with Crippen LogP contribution in [0.15, 0.2) is 41.7 Å². The summed E-state index contributed by atoms with van der Waals surface area (Å²) in [5.41, 5.74) is 0.245. The van der Waals surface area contributed by atoms with Gasteiger partial charge in [0.1, 0.15) is 6.54 Å². The Labute approximate surface area is 155 Å². The van der Waals surface area contributed by atoms with E-state index in [-0.39, 0.29) is 29.0 Å². The van der Waals surface area contributed by atoms with E-state index >= 15 is 0 Å². The summed E-state index contributed by atoms with van der Waals surface area (Å²) in [5.74, 6) is 0.211. The zero-order chi connectivity index (χ0) is 18.9. The maximum atomic E-state index is 12.3. The number of aromatic nitrogens is 3. The lowest BCUT2D eigenvalue weighted by Crippen LogP contribution is -2.58. The van der Waals surface area contributed by atoms with Crippen molar-refractivity contribution in [1.82, 2.24) is 25.2 Å². The van der Waals surface area contributed by atoms with Crippen molar-refractivity contribution < 1.29 is 18.8 Å². The van der Waals surface area contributed by atoms with Crippen molar-refractivity contribution in [2.75, 3.05) is 26.2 Å². The fraction of sp³-hybridized carbons (Fsp3) is 0.444. The van der Waals surface area contributed by atoms with Crippen molar-refractivity contribution in [3.63, 3.8) is 0 Å². The first-order valence-corrected chi connectivity index (χ1v) is 8.81. The first-order valence-electron chi connectivity index (χ1n) is 8.81. The highest BCUT2D eigenvalue weighted by molar-refractivity contribution is 5.92. The molecular formula is C18H21N5O4. The molecule has 2 aromatic rings. The molecule has 2 aromatic heterocycles. The maximum Gasteiger partial charge on any atom is 0.273 e. The number of rotatable bonds is 6. The van der Waals surface area contributed by atoms with Crippen LogP contribution in [-0.2, 0) is 16.1 Å². The summed E-state index contributed by atoms with van der Waals surface area (Å²) in [6, 6.07) is 3.42. The van der Waals surface area contributed by atoms with Gasteiger partial charge in [0.2, 0.25) is 5.91 Å². The molecule has 9 heteroatoms. The van der Waals surface area contributed by atoms with Gasteiger partial charge in [-0.3, -0.25) is 14.3 Å². The molecule has 1 atom stereocenters. The van der Waals surface area contributed by atoms with Gasteiger partial charge in [-0.15, -0.1) is 0 Å². The van der Waals surface area contributed by atoms with Crippen molar-refractivity contribution in [3.8, 4) is 0 Å². The Kier molecular flexibility index (Phi) is 4.53. The summed E-state index contributed by atoms with van der Waals surface area (Å²) < 4.78 is 12.7. The number of hydrogen-bond acceptors (Lipinski definition) is 6. The Morgan fingerprint density at radius 1 is 1.44 bits per heavy atom. The maximum absolute atomic E-state index is 12.3. The van der Waals surface area contributed by atoms with Crippen molar-refractivity contribution in [1.29, 1.82) is 0 Å². The van der Waals surface area contributed by atoms with E-state index in [2.05, 4.69) is 22.2 Å². The highest BCUT2D eigenvalue weighted by Crippen LogP contribution is 2.41. The lowest BCUT2D eigenvalue weighted by molar-refractivity contribution is -0.137. The number of nitrogens with zero attached hydrogens (tertiary/aromatic N) is 4. The van der Waals surface area contributed by atoms with Gasteiger partial charge < -0.3 is 19.5 Å². The molecule has 0 aliphatic carbocycles. The Morgan fingerprint density at radius 3 is 3.04 bits per heavy atom. The minimum atomic E-state index is -0.299. The van der Waals surface area contributed by atoms with Crippen LogP contribution in [-0.4, -0.2) is 64.0 Å². The van der Waals surface area contributed by atoms with Crippen molar-refractivity contribution >= 4 is 11.8 Å². The van der Waals surface area contributed by atoms with Gasteiger partial charge in [-0.25, -0.2) is 0 Å². The third kappa shape index (κ3) is 3.63. The Hall–Kier alpha value is -2.94. The van der Waals surface area contributed by atoms with E-state index in [0.717, 1.165) is 6.42 Å². The molecule has 27 heavy (non-hydrogen) atoms. The van der Waals surface area contributed by atoms with E-state index in [9.17, 15) is 9.59 Å². The molecule has 2 aliphatic heterocycles. The molecule has 2 saturated heterocycles. The molecule has 2 amide bonds. The minimum Gasteiger partial charge on any atom is -0.376 e. The Morgan fingerprint density at radius 2 is 2.30 bits per heavy atom. The Bertz CT molecular complexity index is 838. The minimum absolute atomic E-state index is 0.0128. The molecule has 1 spiro atoms. The number of likely N-dealkylation sites (tertiary alicyclic amines) is 1. The second kappa shape index (κ2) is 6.99. The number of nitrogens with one attached hydrogen (secondary N) is 1. The molecule has 2 fully saturated rings. The number of hydrogen-bond donors (Lipinski definition) is 1. The second-order valence-corrected chi connectivity index (χ2v) is 7.13. The third-order valence-corrected chi connectivity index (χ3v) is 4.98. The van der Waals surface area contributed by atoms with Gasteiger partial charge in [0.25, 0.3) is 5.91 Å². The summed E-state index contributed by atoms with van der Waals surface area (Å²) in [6.07, 6.45) is 5.56. The van der Waals surface area contributed by atoms with E-state index < -0.39 is 0 Å². The zero-order valence-corrected chi connectivity index (χ0v) is 14.8. The van der Waals surface area contributed by atoms with Gasteiger partial charge in [-0.1, -0.05) is 11.7 Å². The molecule has 9 nitrogen and oxygen atoms in total. The van der Waals surface area contributed by atoms with Crippen LogP contribution in [0.5, 0.6) is 0 Å². The van der Waals surface area contributed by atoms with Crippen molar-refractivity contribution in [2.24, 2.45) is 5.41 Å². The number of amides is 2. The van der Waals surface area contributed by atoms with Crippen LogP contribution < -0.4 is 5.32 Å². The fourth-order valence-electron chi connectivity index (χ4n) is 3.64. The first kappa shape index (κ1) is 17.5. The van der Waals surface area contributed by atoms with Crippen LogP contribution in [0.3, 0.4) is 0 Å². The van der Waals surface area contributed by atoms with Gasteiger partial charge >= 0.3 is 0 Å². The van der Waals surface area contributed by atoms with Crippen molar-refractivity contribution in [2.45, 2.75) is 19.1 Å². The zero-order valence-electron chi connectivity index (χ0n) is 14.8. The summed E-state index contributed by atoms with van der Waals surface area (Å²) in [5, 5.41) is 10.7. The SMILES string of the molecule is C=CC(=O)N1CC2(COC(CNC(=O)c3cc(Cn4cccn4)on3)C2)C1. The average Bonchev–Trinajstić information content (AvgIpc) is 3.38. The monoisotopic (exact) mass is 371 g/mol. The third-order valence-electron chi connectivity index (χ3n) is 4.98. The van der Waals surface area contributed by atoms with E-state index in [0.29, 0.717) is 38.5 Å². The first-order chi connectivity index (χ1) is 13.1. The topological polar surface area (TPSA) is 102 Å². The smallest absolute Gasteiger partial charge is 0.273 e. The lowest BCUT2D eigenvalue weighted by atomic mass is 9.78. The highest BCUT2D eigenvalue weighted by Gasteiger charge is 2.50. The van der Waals surface area contributed by atoms with Gasteiger partial charge in [0, 0.05) is 43.5 Å². The predicted octanol–water partition coefficient (Wildman–Crippen LogP) is 0.453. The van der Waals surface area contributed by atoms with E-state index in [4.69, 9.17) is 9.26 Å². The molecule has 1 unspecified atom stereocenters. The molecule has 4 rings (SSSR count).